The maximum Gasteiger partial charge on any atom is 0.307 e. The van der Waals surface area contributed by atoms with E-state index in [-0.39, 0.29) is 5.97 Å². The lowest BCUT2D eigenvalue weighted by molar-refractivity contribution is -0.142. The molecule has 1 aliphatic carbocycles. The Bertz CT molecular complexity index is 178. The highest BCUT2D eigenvalue weighted by Crippen LogP contribution is 2.35. The second kappa shape index (κ2) is 6.02. The number of carbonyl (C=O) groups is 1. The van der Waals surface area contributed by atoms with Crippen molar-refractivity contribution in [1.82, 2.24) is 5.32 Å². The normalized spacial score (nSPS) is 17.9. The van der Waals surface area contributed by atoms with Gasteiger partial charge < -0.3 is 10.1 Å². The largest absolute Gasteiger partial charge is 0.466 e. The van der Waals surface area contributed by atoms with Gasteiger partial charge in [-0.25, -0.2) is 0 Å². The van der Waals surface area contributed by atoms with Crippen molar-refractivity contribution in [1.29, 1.82) is 0 Å². The van der Waals surface area contributed by atoms with Crippen molar-refractivity contribution >= 4 is 5.97 Å². The molecular formula is C11H21NO2. The molecule has 82 valence electrons. The molecule has 0 bridgehead atoms. The molecule has 0 spiro atoms. The van der Waals surface area contributed by atoms with Crippen LogP contribution in [0.15, 0.2) is 0 Å². The Kier molecular flexibility index (Phi) is 4.94. The molecule has 1 atom stereocenters. The molecule has 1 fully saturated rings. The summed E-state index contributed by atoms with van der Waals surface area (Å²) in [4.78, 5) is 11.0. The Morgan fingerprint density at radius 1 is 1.57 bits per heavy atom. The smallest absolute Gasteiger partial charge is 0.307 e. The molecule has 0 heterocycles. The van der Waals surface area contributed by atoms with E-state index in [4.69, 9.17) is 4.74 Å². The van der Waals surface area contributed by atoms with Crippen molar-refractivity contribution < 1.29 is 9.53 Å². The van der Waals surface area contributed by atoms with Gasteiger partial charge in [-0.2, -0.15) is 0 Å². The topological polar surface area (TPSA) is 38.3 Å². The molecular weight excluding hydrogens is 178 g/mol. The SMILES string of the molecule is CCOC(=O)CCNCC(C)C1CC1. The standard InChI is InChI=1S/C11H21NO2/c1-3-14-11(13)6-7-12-8-9(2)10-4-5-10/h9-10,12H,3-8H2,1-2H3. The molecule has 3 heteroatoms. The van der Waals surface area contributed by atoms with E-state index in [1.807, 2.05) is 6.92 Å². The quantitative estimate of drug-likeness (QED) is 0.499. The second-order valence-corrected chi connectivity index (χ2v) is 4.07. The summed E-state index contributed by atoms with van der Waals surface area (Å²) >= 11 is 0. The number of rotatable bonds is 7. The summed E-state index contributed by atoms with van der Waals surface area (Å²) in [5.41, 5.74) is 0. The van der Waals surface area contributed by atoms with Gasteiger partial charge in [-0.05, 0) is 38.1 Å². The highest BCUT2D eigenvalue weighted by atomic mass is 16.5. The van der Waals surface area contributed by atoms with Crippen molar-refractivity contribution in [3.05, 3.63) is 0 Å². The van der Waals surface area contributed by atoms with E-state index >= 15 is 0 Å². The molecule has 0 aromatic rings. The predicted molar refractivity (Wildman–Crippen MR) is 56.0 cm³/mol. The molecule has 0 aliphatic heterocycles. The monoisotopic (exact) mass is 199 g/mol. The lowest BCUT2D eigenvalue weighted by Crippen LogP contribution is -2.25. The van der Waals surface area contributed by atoms with Gasteiger partial charge in [0.1, 0.15) is 0 Å². The van der Waals surface area contributed by atoms with Crippen molar-refractivity contribution in [2.45, 2.75) is 33.1 Å². The third kappa shape index (κ3) is 4.61. The Hall–Kier alpha value is -0.570. The molecule has 0 amide bonds. The van der Waals surface area contributed by atoms with Crippen LogP contribution in [-0.2, 0) is 9.53 Å². The maximum atomic E-state index is 11.0. The van der Waals surface area contributed by atoms with Gasteiger partial charge in [-0.3, -0.25) is 4.79 Å². The first kappa shape index (κ1) is 11.5. The first-order valence-electron chi connectivity index (χ1n) is 5.60. The average molecular weight is 199 g/mol. The van der Waals surface area contributed by atoms with Crippen molar-refractivity contribution in [3.63, 3.8) is 0 Å². The fourth-order valence-electron chi connectivity index (χ4n) is 1.59. The third-order valence-electron chi connectivity index (χ3n) is 2.70. The highest BCUT2D eigenvalue weighted by Gasteiger charge is 2.27. The highest BCUT2D eigenvalue weighted by molar-refractivity contribution is 5.69. The van der Waals surface area contributed by atoms with Gasteiger partial charge in [0.25, 0.3) is 0 Å². The van der Waals surface area contributed by atoms with Crippen LogP contribution in [0.3, 0.4) is 0 Å². The van der Waals surface area contributed by atoms with Crippen LogP contribution >= 0.6 is 0 Å². The Balaban J connectivity index is 1.90. The fraction of sp³-hybridized carbons (Fsp3) is 0.909. The molecule has 0 aromatic carbocycles. The molecule has 0 radical (unpaired) electrons. The number of hydrogen-bond acceptors (Lipinski definition) is 3. The zero-order valence-corrected chi connectivity index (χ0v) is 9.21. The molecule has 1 saturated carbocycles. The zero-order valence-electron chi connectivity index (χ0n) is 9.21. The van der Waals surface area contributed by atoms with Crippen LogP contribution in [-0.4, -0.2) is 25.7 Å². The van der Waals surface area contributed by atoms with E-state index in [1.54, 1.807) is 0 Å². The summed E-state index contributed by atoms with van der Waals surface area (Å²) in [7, 11) is 0. The molecule has 1 unspecified atom stereocenters. The van der Waals surface area contributed by atoms with E-state index in [0.717, 1.165) is 24.9 Å². The molecule has 1 aliphatic rings. The van der Waals surface area contributed by atoms with Crippen molar-refractivity contribution in [3.8, 4) is 0 Å². The number of carbonyl (C=O) groups excluding carboxylic acids is 1. The van der Waals surface area contributed by atoms with E-state index in [1.165, 1.54) is 12.8 Å². The summed E-state index contributed by atoms with van der Waals surface area (Å²) in [6, 6.07) is 0. The van der Waals surface area contributed by atoms with Gasteiger partial charge >= 0.3 is 5.97 Å². The first-order valence-corrected chi connectivity index (χ1v) is 5.60. The van der Waals surface area contributed by atoms with Gasteiger partial charge in [0.05, 0.1) is 13.0 Å². The van der Waals surface area contributed by atoms with E-state index < -0.39 is 0 Å². The predicted octanol–water partition coefficient (Wildman–Crippen LogP) is 1.58. The van der Waals surface area contributed by atoms with Crippen LogP contribution in [0, 0.1) is 11.8 Å². The van der Waals surface area contributed by atoms with Crippen LogP contribution < -0.4 is 5.32 Å². The van der Waals surface area contributed by atoms with E-state index in [9.17, 15) is 4.79 Å². The van der Waals surface area contributed by atoms with Gasteiger partial charge in [-0.15, -0.1) is 0 Å². The second-order valence-electron chi connectivity index (χ2n) is 4.07. The minimum Gasteiger partial charge on any atom is -0.466 e. The minimum absolute atomic E-state index is 0.0981. The molecule has 3 nitrogen and oxygen atoms in total. The summed E-state index contributed by atoms with van der Waals surface area (Å²) in [5, 5.41) is 3.29. The van der Waals surface area contributed by atoms with E-state index in [2.05, 4.69) is 12.2 Å². The summed E-state index contributed by atoms with van der Waals surface area (Å²) in [5.74, 6) is 1.60. The van der Waals surface area contributed by atoms with Crippen LogP contribution in [0.2, 0.25) is 0 Å². The number of ether oxygens (including phenoxy) is 1. The molecule has 1 rings (SSSR count). The molecule has 0 saturated heterocycles. The van der Waals surface area contributed by atoms with Gasteiger partial charge in [0.15, 0.2) is 0 Å². The Morgan fingerprint density at radius 3 is 2.86 bits per heavy atom. The van der Waals surface area contributed by atoms with Crippen molar-refractivity contribution in [2.24, 2.45) is 11.8 Å². The molecule has 0 aromatic heterocycles. The number of esters is 1. The minimum atomic E-state index is -0.0981. The summed E-state index contributed by atoms with van der Waals surface area (Å²) in [6.45, 7) is 6.37. The lowest BCUT2D eigenvalue weighted by Gasteiger charge is -2.10. The average Bonchev–Trinajstić information content (AvgIpc) is 2.95. The zero-order chi connectivity index (χ0) is 10.4. The third-order valence-corrected chi connectivity index (χ3v) is 2.70. The fourth-order valence-corrected chi connectivity index (χ4v) is 1.59. The molecule has 14 heavy (non-hydrogen) atoms. The van der Waals surface area contributed by atoms with Crippen LogP contribution in [0.5, 0.6) is 0 Å². The summed E-state index contributed by atoms with van der Waals surface area (Å²) in [6.07, 6.45) is 3.27. The Labute approximate surface area is 86.2 Å². The van der Waals surface area contributed by atoms with Gasteiger partial charge in [0, 0.05) is 6.54 Å². The van der Waals surface area contributed by atoms with Crippen LogP contribution in [0.4, 0.5) is 0 Å². The van der Waals surface area contributed by atoms with Gasteiger partial charge in [-0.1, -0.05) is 6.92 Å². The Morgan fingerprint density at radius 2 is 2.29 bits per heavy atom. The molecule has 1 N–H and O–H groups in total. The summed E-state index contributed by atoms with van der Waals surface area (Å²) < 4.78 is 4.83. The van der Waals surface area contributed by atoms with Crippen molar-refractivity contribution in [2.75, 3.05) is 19.7 Å². The maximum absolute atomic E-state index is 11.0. The van der Waals surface area contributed by atoms with Gasteiger partial charge in [0.2, 0.25) is 0 Å². The van der Waals surface area contributed by atoms with Crippen LogP contribution in [0.25, 0.3) is 0 Å². The number of hydrogen-bond donors (Lipinski definition) is 1. The number of nitrogens with one attached hydrogen (secondary N) is 1. The first-order chi connectivity index (χ1) is 6.74. The van der Waals surface area contributed by atoms with Crippen LogP contribution in [0.1, 0.15) is 33.1 Å². The van der Waals surface area contributed by atoms with E-state index in [0.29, 0.717) is 13.0 Å². The lowest BCUT2D eigenvalue weighted by atomic mass is 10.1.